The Morgan fingerprint density at radius 3 is 2.79 bits per heavy atom. The van der Waals surface area contributed by atoms with Crippen LogP contribution in [0.2, 0.25) is 0 Å². The summed E-state index contributed by atoms with van der Waals surface area (Å²) in [5.74, 6) is 1.44. The molecule has 4 bridgehead atoms. The monoisotopic (exact) mass is 324 g/mol. The van der Waals surface area contributed by atoms with E-state index in [-0.39, 0.29) is 11.7 Å². The molecule has 0 saturated heterocycles. The number of aromatic amines is 2. The molecule has 0 radical (unpaired) electrons. The second kappa shape index (κ2) is 4.11. The number of nitrogens with zero attached hydrogens (tertiary/aromatic N) is 2. The van der Waals surface area contributed by atoms with Crippen molar-refractivity contribution in [2.75, 3.05) is 0 Å². The quantitative estimate of drug-likeness (QED) is 0.642. The van der Waals surface area contributed by atoms with Crippen molar-refractivity contribution in [2.24, 2.45) is 17.8 Å². The SMILES string of the molecule is O=c1[nH]c2cnc3[nH]ccc3c2n1C1C2CC3CC1CC(O)(C3)C2. The highest BCUT2D eigenvalue weighted by Crippen LogP contribution is 2.60. The lowest BCUT2D eigenvalue weighted by atomic mass is 9.52. The molecule has 3 aromatic heterocycles. The van der Waals surface area contributed by atoms with Gasteiger partial charge in [-0.15, -0.1) is 0 Å². The Balaban J connectivity index is 1.61. The van der Waals surface area contributed by atoms with Gasteiger partial charge in [0.05, 0.1) is 22.8 Å². The summed E-state index contributed by atoms with van der Waals surface area (Å²) in [6.45, 7) is 0. The van der Waals surface area contributed by atoms with Crippen molar-refractivity contribution in [3.8, 4) is 0 Å². The first-order chi connectivity index (χ1) is 11.6. The molecule has 7 rings (SSSR count). The van der Waals surface area contributed by atoms with Gasteiger partial charge >= 0.3 is 5.69 Å². The van der Waals surface area contributed by atoms with Crippen molar-refractivity contribution in [1.82, 2.24) is 19.5 Å². The lowest BCUT2D eigenvalue weighted by Gasteiger charge is -2.58. The average molecular weight is 324 g/mol. The lowest BCUT2D eigenvalue weighted by Crippen LogP contribution is -2.55. The zero-order chi connectivity index (χ0) is 16.1. The molecule has 124 valence electrons. The Bertz CT molecular complexity index is 1010. The Kier molecular flexibility index (Phi) is 2.27. The normalized spacial score (nSPS) is 37.7. The van der Waals surface area contributed by atoms with E-state index in [1.807, 2.05) is 16.8 Å². The van der Waals surface area contributed by atoms with Crippen molar-refractivity contribution < 1.29 is 5.11 Å². The Labute approximate surface area is 137 Å². The minimum Gasteiger partial charge on any atom is -0.390 e. The molecule has 2 atom stereocenters. The van der Waals surface area contributed by atoms with E-state index in [9.17, 15) is 9.90 Å². The van der Waals surface area contributed by atoms with Crippen molar-refractivity contribution in [1.29, 1.82) is 0 Å². The van der Waals surface area contributed by atoms with Crippen LogP contribution in [0, 0.1) is 17.8 Å². The summed E-state index contributed by atoms with van der Waals surface area (Å²) in [4.78, 5) is 23.3. The van der Waals surface area contributed by atoms with Crippen molar-refractivity contribution in [3.05, 3.63) is 28.9 Å². The molecule has 4 aliphatic rings. The topological polar surface area (TPSA) is 86.7 Å². The number of H-pyrrole nitrogens is 2. The number of fused-ring (bicyclic) bond motifs is 3. The summed E-state index contributed by atoms with van der Waals surface area (Å²) in [7, 11) is 0. The first-order valence-corrected chi connectivity index (χ1v) is 8.90. The number of pyridine rings is 1. The van der Waals surface area contributed by atoms with Crippen LogP contribution < -0.4 is 5.69 Å². The molecule has 0 aromatic carbocycles. The first-order valence-electron chi connectivity index (χ1n) is 8.90. The van der Waals surface area contributed by atoms with E-state index in [0.29, 0.717) is 17.8 Å². The van der Waals surface area contributed by atoms with Crippen LogP contribution >= 0.6 is 0 Å². The lowest BCUT2D eigenvalue weighted by molar-refractivity contribution is -0.146. The average Bonchev–Trinajstić information content (AvgIpc) is 3.09. The molecule has 0 amide bonds. The molecule has 0 aliphatic heterocycles. The van der Waals surface area contributed by atoms with Crippen LogP contribution in [0.25, 0.3) is 22.1 Å². The standard InChI is InChI=1S/C18H20N4O2/c23-17-21-13-8-20-16-12(1-2-19-16)15(13)22(17)14-10-3-9-4-11(14)7-18(24,5-9)6-10/h1-2,8-11,14,24H,3-7H2,(H,19,20)(H,21,23). The minimum atomic E-state index is -0.478. The number of aliphatic hydroxyl groups is 1. The van der Waals surface area contributed by atoms with Crippen LogP contribution in [0.1, 0.15) is 38.1 Å². The van der Waals surface area contributed by atoms with Crippen LogP contribution in [-0.2, 0) is 0 Å². The summed E-state index contributed by atoms with van der Waals surface area (Å²) in [6, 6.07) is 2.20. The number of nitrogens with one attached hydrogen (secondary N) is 2. The maximum Gasteiger partial charge on any atom is 0.326 e. The van der Waals surface area contributed by atoms with Crippen molar-refractivity contribution in [2.45, 2.75) is 43.7 Å². The maximum atomic E-state index is 12.8. The molecule has 6 nitrogen and oxygen atoms in total. The number of imidazole rings is 1. The van der Waals surface area contributed by atoms with Crippen molar-refractivity contribution in [3.63, 3.8) is 0 Å². The molecule has 4 aliphatic carbocycles. The van der Waals surface area contributed by atoms with Gasteiger partial charge in [-0.1, -0.05) is 0 Å². The molecule has 4 saturated carbocycles. The summed E-state index contributed by atoms with van der Waals surface area (Å²) < 4.78 is 1.99. The van der Waals surface area contributed by atoms with E-state index >= 15 is 0 Å². The summed E-state index contributed by atoms with van der Waals surface area (Å²) >= 11 is 0. The number of rotatable bonds is 1. The van der Waals surface area contributed by atoms with Gasteiger partial charge in [0.1, 0.15) is 5.65 Å². The minimum absolute atomic E-state index is 0.0371. The van der Waals surface area contributed by atoms with E-state index in [1.165, 1.54) is 0 Å². The molecule has 3 N–H and O–H groups in total. The highest BCUT2D eigenvalue weighted by molar-refractivity contribution is 6.00. The number of hydrogen-bond donors (Lipinski definition) is 3. The third-order valence-corrected chi connectivity index (χ3v) is 6.75. The number of hydrogen-bond acceptors (Lipinski definition) is 3. The van der Waals surface area contributed by atoms with Gasteiger partial charge in [-0.3, -0.25) is 4.57 Å². The van der Waals surface area contributed by atoms with Gasteiger partial charge in [0.25, 0.3) is 0 Å². The molecule has 0 spiro atoms. The fourth-order valence-corrected chi connectivity index (χ4v) is 6.28. The van der Waals surface area contributed by atoms with Gasteiger partial charge in [0, 0.05) is 17.6 Å². The Morgan fingerprint density at radius 2 is 2.04 bits per heavy atom. The molecule has 2 unspecified atom stereocenters. The second-order valence-electron chi connectivity index (χ2n) is 8.25. The molecular formula is C18H20N4O2. The van der Waals surface area contributed by atoms with Crippen LogP contribution in [-0.4, -0.2) is 30.2 Å². The number of aromatic nitrogens is 4. The van der Waals surface area contributed by atoms with Crippen LogP contribution in [0.5, 0.6) is 0 Å². The van der Waals surface area contributed by atoms with Crippen LogP contribution in [0.3, 0.4) is 0 Å². The van der Waals surface area contributed by atoms with Gasteiger partial charge in [0.15, 0.2) is 0 Å². The maximum absolute atomic E-state index is 12.8. The predicted octanol–water partition coefficient (Wildman–Crippen LogP) is 2.32. The highest BCUT2D eigenvalue weighted by Gasteiger charge is 2.55. The van der Waals surface area contributed by atoms with Gasteiger partial charge in [-0.25, -0.2) is 9.78 Å². The molecule has 3 aromatic rings. The fourth-order valence-electron chi connectivity index (χ4n) is 6.28. The van der Waals surface area contributed by atoms with E-state index in [1.54, 1.807) is 6.20 Å². The third kappa shape index (κ3) is 1.55. The second-order valence-corrected chi connectivity index (χ2v) is 8.25. The summed E-state index contributed by atoms with van der Waals surface area (Å²) in [6.07, 6.45) is 8.54. The Hall–Kier alpha value is -2.08. The Morgan fingerprint density at radius 1 is 1.25 bits per heavy atom. The van der Waals surface area contributed by atoms with Crippen LogP contribution in [0.15, 0.2) is 23.3 Å². The largest absolute Gasteiger partial charge is 0.390 e. The van der Waals surface area contributed by atoms with Gasteiger partial charge in [-0.2, -0.15) is 0 Å². The zero-order valence-corrected chi connectivity index (χ0v) is 13.3. The summed E-state index contributed by atoms with van der Waals surface area (Å²) in [5, 5.41) is 11.8. The fraction of sp³-hybridized carbons (Fsp3) is 0.556. The van der Waals surface area contributed by atoms with E-state index in [2.05, 4.69) is 15.0 Å². The third-order valence-electron chi connectivity index (χ3n) is 6.75. The predicted molar refractivity (Wildman–Crippen MR) is 89.8 cm³/mol. The van der Waals surface area contributed by atoms with E-state index in [0.717, 1.165) is 54.2 Å². The van der Waals surface area contributed by atoms with Gasteiger partial charge in [0.2, 0.25) is 0 Å². The molecule has 3 heterocycles. The molecule has 24 heavy (non-hydrogen) atoms. The van der Waals surface area contributed by atoms with E-state index in [4.69, 9.17) is 0 Å². The molecule has 4 fully saturated rings. The first kappa shape index (κ1) is 13.2. The highest BCUT2D eigenvalue weighted by atomic mass is 16.3. The smallest absolute Gasteiger partial charge is 0.326 e. The van der Waals surface area contributed by atoms with Gasteiger partial charge in [-0.05, 0) is 55.9 Å². The molecular weight excluding hydrogens is 304 g/mol. The van der Waals surface area contributed by atoms with E-state index < -0.39 is 5.60 Å². The van der Waals surface area contributed by atoms with Crippen LogP contribution in [0.4, 0.5) is 0 Å². The van der Waals surface area contributed by atoms with Crippen molar-refractivity contribution >= 4 is 22.1 Å². The molecule has 6 heteroatoms. The van der Waals surface area contributed by atoms with Gasteiger partial charge < -0.3 is 15.1 Å². The summed E-state index contributed by atoms with van der Waals surface area (Å²) in [5.41, 5.74) is 2.08. The zero-order valence-electron chi connectivity index (χ0n) is 13.3.